The molecular formula is C40H56O. The molecular weight excluding hydrogens is 496 g/mol. The van der Waals surface area contributed by atoms with Crippen molar-refractivity contribution in [2.45, 2.75) is 94.6 Å². The number of hydrogen-bond donors (Lipinski definition) is 1. The van der Waals surface area contributed by atoms with Gasteiger partial charge in [0.25, 0.3) is 0 Å². The van der Waals surface area contributed by atoms with Gasteiger partial charge in [-0.2, -0.15) is 0 Å². The van der Waals surface area contributed by atoms with Crippen molar-refractivity contribution >= 4 is 0 Å². The van der Waals surface area contributed by atoms with E-state index in [2.05, 4.69) is 166 Å². The van der Waals surface area contributed by atoms with Crippen LogP contribution in [0.3, 0.4) is 0 Å². The maximum absolute atomic E-state index is 10.1. The molecule has 1 heteroatoms. The molecule has 2 rings (SSSR count). The Hall–Kier alpha value is -2.90. The molecule has 1 nitrogen and oxygen atoms in total. The van der Waals surface area contributed by atoms with Gasteiger partial charge in [0.15, 0.2) is 0 Å². The fourth-order valence-electron chi connectivity index (χ4n) is 6.07. The summed E-state index contributed by atoms with van der Waals surface area (Å²) in [5.41, 5.74) is 8.02. The van der Waals surface area contributed by atoms with Crippen molar-refractivity contribution in [1.29, 1.82) is 0 Å². The molecule has 0 heterocycles. The van der Waals surface area contributed by atoms with Crippen molar-refractivity contribution in [3.05, 3.63) is 131 Å². The topological polar surface area (TPSA) is 20.2 Å². The number of rotatable bonds is 10. The van der Waals surface area contributed by atoms with E-state index in [4.69, 9.17) is 0 Å². The zero-order valence-corrected chi connectivity index (χ0v) is 27.5. The Labute approximate surface area is 252 Å². The van der Waals surface area contributed by atoms with Gasteiger partial charge in [0.2, 0.25) is 0 Å². The van der Waals surface area contributed by atoms with Gasteiger partial charge in [0.05, 0.1) is 6.10 Å². The van der Waals surface area contributed by atoms with Crippen LogP contribution >= 0.6 is 0 Å². The Morgan fingerprint density at radius 3 is 1.83 bits per heavy atom. The van der Waals surface area contributed by atoms with E-state index >= 15 is 0 Å². The van der Waals surface area contributed by atoms with Gasteiger partial charge in [0.1, 0.15) is 0 Å². The Kier molecular flexibility index (Phi) is 13.3. The molecule has 0 aliphatic heterocycles. The van der Waals surface area contributed by atoms with Gasteiger partial charge in [0, 0.05) is 5.41 Å². The lowest BCUT2D eigenvalue weighted by Crippen LogP contribution is -2.38. The standard InChI is InChI=1S/C40H56O/c1-30(18-13-20-32(3)23-25-37-34(5)22-15-27-39(37,7)8)16-11-12-17-31(2)19-14-21-33(4)24-26-38-35(6)28-36(41)29-40(38,9)10/h11-21,23-27,35-36,38,41H,22,28-29H2,1-10H3. The molecule has 0 amide bonds. The van der Waals surface area contributed by atoms with Gasteiger partial charge >= 0.3 is 0 Å². The summed E-state index contributed by atoms with van der Waals surface area (Å²) >= 11 is 0. The summed E-state index contributed by atoms with van der Waals surface area (Å²) < 4.78 is 0. The van der Waals surface area contributed by atoms with Gasteiger partial charge < -0.3 is 5.11 Å². The third kappa shape index (κ3) is 11.9. The first-order valence-electron chi connectivity index (χ1n) is 15.4. The van der Waals surface area contributed by atoms with Crippen molar-refractivity contribution in [2.75, 3.05) is 0 Å². The van der Waals surface area contributed by atoms with E-state index in [1.165, 1.54) is 33.4 Å². The molecule has 0 spiro atoms. The highest BCUT2D eigenvalue weighted by Gasteiger charge is 2.38. The highest BCUT2D eigenvalue weighted by Crippen LogP contribution is 2.44. The largest absolute Gasteiger partial charge is 0.393 e. The molecule has 1 fully saturated rings. The molecule has 0 aromatic rings. The van der Waals surface area contributed by atoms with Gasteiger partial charge in [-0.3, -0.25) is 0 Å². The van der Waals surface area contributed by atoms with Crippen molar-refractivity contribution in [3.63, 3.8) is 0 Å². The zero-order chi connectivity index (χ0) is 30.6. The molecule has 41 heavy (non-hydrogen) atoms. The van der Waals surface area contributed by atoms with Crippen LogP contribution in [0.5, 0.6) is 0 Å². The molecule has 0 bridgehead atoms. The lowest BCUT2D eigenvalue weighted by atomic mass is 9.63. The highest BCUT2D eigenvalue weighted by molar-refractivity contribution is 5.41. The molecule has 0 aromatic carbocycles. The van der Waals surface area contributed by atoms with Crippen LogP contribution in [0, 0.1) is 22.7 Å². The molecule has 3 atom stereocenters. The lowest BCUT2D eigenvalue weighted by Gasteiger charge is -2.43. The van der Waals surface area contributed by atoms with Crippen molar-refractivity contribution in [1.82, 2.24) is 0 Å². The minimum absolute atomic E-state index is 0.105. The second-order valence-corrected chi connectivity index (χ2v) is 13.5. The summed E-state index contributed by atoms with van der Waals surface area (Å²) in [7, 11) is 0. The van der Waals surface area contributed by atoms with E-state index in [0.717, 1.165) is 19.3 Å². The van der Waals surface area contributed by atoms with Crippen molar-refractivity contribution < 1.29 is 5.11 Å². The van der Waals surface area contributed by atoms with Gasteiger partial charge in [-0.1, -0.05) is 160 Å². The minimum atomic E-state index is -0.164. The number of aliphatic hydroxyl groups excluding tert-OH is 1. The number of allylic oxidation sites excluding steroid dienone is 22. The summed E-state index contributed by atoms with van der Waals surface area (Å²) in [4.78, 5) is 0. The quantitative estimate of drug-likeness (QED) is 0.211. The van der Waals surface area contributed by atoms with Crippen LogP contribution in [-0.4, -0.2) is 11.2 Å². The molecule has 1 saturated carbocycles. The van der Waals surface area contributed by atoms with E-state index in [0.29, 0.717) is 11.8 Å². The minimum Gasteiger partial charge on any atom is -0.393 e. The first-order chi connectivity index (χ1) is 19.2. The van der Waals surface area contributed by atoms with Crippen LogP contribution in [-0.2, 0) is 0 Å². The van der Waals surface area contributed by atoms with E-state index in [-0.39, 0.29) is 16.9 Å². The third-order valence-corrected chi connectivity index (χ3v) is 8.38. The molecule has 0 saturated heterocycles. The Morgan fingerprint density at radius 1 is 0.780 bits per heavy atom. The summed E-state index contributed by atoms with van der Waals surface area (Å²) in [5.74, 6) is 0.993. The Balaban J connectivity index is 1.87. The summed E-state index contributed by atoms with van der Waals surface area (Å²) in [6.45, 7) is 22.2. The first kappa shape index (κ1) is 34.3. The van der Waals surface area contributed by atoms with E-state index in [9.17, 15) is 5.11 Å². The Morgan fingerprint density at radius 2 is 1.29 bits per heavy atom. The van der Waals surface area contributed by atoms with Crippen LogP contribution < -0.4 is 0 Å². The molecule has 0 radical (unpaired) electrons. The first-order valence-corrected chi connectivity index (χ1v) is 15.4. The Bertz CT molecular complexity index is 1220. The highest BCUT2D eigenvalue weighted by atomic mass is 16.3. The van der Waals surface area contributed by atoms with Crippen molar-refractivity contribution in [3.8, 4) is 0 Å². The fraction of sp³-hybridized carbons (Fsp3) is 0.450. The maximum Gasteiger partial charge on any atom is 0.0548 e. The number of aliphatic hydroxyl groups is 1. The number of hydrogen-bond acceptors (Lipinski definition) is 1. The SMILES string of the molecule is CC(C=CC=C(C)C=CC1=C(C)CC=CC1(C)C)=CC=CC=C(C)C=CC=C(C)C=CC1C(C)CC(O)CC1(C)C. The molecule has 2 aliphatic rings. The summed E-state index contributed by atoms with van der Waals surface area (Å²) in [6, 6.07) is 0. The van der Waals surface area contributed by atoms with Crippen LogP contribution in [0.2, 0.25) is 0 Å². The average Bonchev–Trinajstić information content (AvgIpc) is 2.84. The normalized spacial score (nSPS) is 26.7. The van der Waals surface area contributed by atoms with Crippen LogP contribution in [0.1, 0.15) is 88.5 Å². The monoisotopic (exact) mass is 552 g/mol. The summed E-state index contributed by atoms with van der Waals surface area (Å²) in [6.07, 6.45) is 37.7. The molecule has 3 unspecified atom stereocenters. The molecule has 2 aliphatic carbocycles. The van der Waals surface area contributed by atoms with Crippen LogP contribution in [0.15, 0.2) is 131 Å². The predicted octanol–water partition coefficient (Wildman–Crippen LogP) is 11.3. The van der Waals surface area contributed by atoms with E-state index in [1.54, 1.807) is 0 Å². The van der Waals surface area contributed by atoms with Gasteiger partial charge in [-0.15, -0.1) is 0 Å². The average molecular weight is 553 g/mol. The van der Waals surface area contributed by atoms with Gasteiger partial charge in [-0.05, 0) is 76.7 Å². The zero-order valence-electron chi connectivity index (χ0n) is 27.5. The third-order valence-electron chi connectivity index (χ3n) is 8.38. The smallest absolute Gasteiger partial charge is 0.0548 e. The second-order valence-electron chi connectivity index (χ2n) is 13.5. The molecule has 0 aromatic heterocycles. The summed E-state index contributed by atoms with van der Waals surface area (Å²) in [5, 5.41) is 10.1. The lowest BCUT2D eigenvalue weighted by molar-refractivity contribution is 0.00772. The predicted molar refractivity (Wildman–Crippen MR) is 183 cm³/mol. The van der Waals surface area contributed by atoms with Crippen LogP contribution in [0.25, 0.3) is 0 Å². The van der Waals surface area contributed by atoms with Gasteiger partial charge in [-0.25, -0.2) is 0 Å². The molecule has 222 valence electrons. The molecule has 1 N–H and O–H groups in total. The van der Waals surface area contributed by atoms with Crippen LogP contribution in [0.4, 0.5) is 0 Å². The van der Waals surface area contributed by atoms with E-state index < -0.39 is 0 Å². The fourth-order valence-corrected chi connectivity index (χ4v) is 6.07. The second kappa shape index (κ2) is 15.9. The van der Waals surface area contributed by atoms with Crippen molar-refractivity contribution in [2.24, 2.45) is 22.7 Å². The van der Waals surface area contributed by atoms with E-state index in [1.807, 2.05) is 0 Å². The maximum atomic E-state index is 10.1.